The lowest BCUT2D eigenvalue weighted by Crippen LogP contribution is -1.93. The van der Waals surface area contributed by atoms with Gasteiger partial charge in [0.2, 0.25) is 0 Å². The van der Waals surface area contributed by atoms with Crippen LogP contribution in [0.2, 0.25) is 0 Å². The van der Waals surface area contributed by atoms with Gasteiger partial charge in [-0.05, 0) is 5.56 Å². The van der Waals surface area contributed by atoms with Crippen molar-refractivity contribution in [1.29, 1.82) is 0 Å². The average Bonchev–Trinajstić information content (AvgIpc) is 2.15. The van der Waals surface area contributed by atoms with E-state index in [9.17, 15) is 10.1 Å². The minimum atomic E-state index is -0.448. The summed E-state index contributed by atoms with van der Waals surface area (Å²) in [5.74, 6) is 0. The van der Waals surface area contributed by atoms with Gasteiger partial charge >= 0.3 is 0 Å². The highest BCUT2D eigenvalue weighted by molar-refractivity contribution is 5.33. The summed E-state index contributed by atoms with van der Waals surface area (Å²) in [6.07, 6.45) is 0. The second-order valence-corrected chi connectivity index (χ2v) is 2.36. The molecule has 0 saturated carbocycles. The summed E-state index contributed by atoms with van der Waals surface area (Å²) in [4.78, 5) is 18.9. The van der Waals surface area contributed by atoms with Gasteiger partial charge in [0, 0.05) is 12.1 Å². The van der Waals surface area contributed by atoms with Crippen LogP contribution in [0.5, 0.6) is 0 Å². The molecule has 0 aliphatic heterocycles. The van der Waals surface area contributed by atoms with E-state index in [1.807, 2.05) is 0 Å². The van der Waals surface area contributed by atoms with Crippen LogP contribution in [-0.2, 0) is 16.4 Å². The lowest BCUT2D eigenvalue weighted by Gasteiger charge is -1.99. The first-order valence-corrected chi connectivity index (χ1v) is 3.63. The van der Waals surface area contributed by atoms with Crippen molar-refractivity contribution in [2.45, 2.75) is 6.61 Å². The number of hydrogen-bond donors (Lipinski definition) is 0. The van der Waals surface area contributed by atoms with Crippen molar-refractivity contribution in [2.24, 2.45) is 0 Å². The van der Waals surface area contributed by atoms with Gasteiger partial charge in [-0.1, -0.05) is 12.1 Å². The van der Waals surface area contributed by atoms with Gasteiger partial charge in [0.15, 0.2) is 0 Å². The maximum atomic E-state index is 10.4. The second-order valence-electron chi connectivity index (χ2n) is 2.36. The SMILES string of the molecule is COOCc1cccc([N+](=O)[O-])c1. The highest BCUT2D eigenvalue weighted by Crippen LogP contribution is 2.13. The summed E-state index contributed by atoms with van der Waals surface area (Å²) >= 11 is 0. The fourth-order valence-corrected chi connectivity index (χ4v) is 0.887. The second kappa shape index (κ2) is 4.54. The zero-order valence-corrected chi connectivity index (χ0v) is 7.10. The van der Waals surface area contributed by atoms with Crippen molar-refractivity contribution in [2.75, 3.05) is 7.11 Å². The molecule has 0 aliphatic carbocycles. The molecule has 0 fully saturated rings. The monoisotopic (exact) mass is 183 g/mol. The molecule has 5 heteroatoms. The molecule has 0 aromatic heterocycles. The Hall–Kier alpha value is -1.46. The van der Waals surface area contributed by atoms with Gasteiger partial charge in [0.05, 0.1) is 12.0 Å². The first-order chi connectivity index (χ1) is 6.24. The standard InChI is InChI=1S/C8H9NO4/c1-12-13-6-7-3-2-4-8(5-7)9(10)11/h2-5H,6H2,1H3. The molecular weight excluding hydrogens is 174 g/mol. The third kappa shape index (κ3) is 2.81. The average molecular weight is 183 g/mol. The molecule has 0 radical (unpaired) electrons. The molecule has 1 rings (SSSR count). The van der Waals surface area contributed by atoms with E-state index in [0.29, 0.717) is 5.56 Å². The van der Waals surface area contributed by atoms with Gasteiger partial charge in [-0.3, -0.25) is 10.1 Å². The summed E-state index contributed by atoms with van der Waals surface area (Å²) in [5.41, 5.74) is 0.758. The molecule has 70 valence electrons. The number of nitro groups is 1. The van der Waals surface area contributed by atoms with Crippen molar-refractivity contribution in [3.05, 3.63) is 39.9 Å². The topological polar surface area (TPSA) is 61.6 Å². The first-order valence-electron chi connectivity index (χ1n) is 3.63. The largest absolute Gasteiger partial charge is 0.269 e. The van der Waals surface area contributed by atoms with Crippen molar-refractivity contribution in [3.63, 3.8) is 0 Å². The molecule has 0 atom stereocenters. The molecule has 1 aromatic carbocycles. The van der Waals surface area contributed by atoms with E-state index in [1.54, 1.807) is 12.1 Å². The van der Waals surface area contributed by atoms with Crippen LogP contribution < -0.4 is 0 Å². The quantitative estimate of drug-likeness (QED) is 0.404. The zero-order chi connectivity index (χ0) is 9.68. The molecule has 1 aromatic rings. The minimum absolute atomic E-state index is 0.0530. The third-order valence-corrected chi connectivity index (χ3v) is 1.46. The van der Waals surface area contributed by atoms with Crippen LogP contribution in [0, 0.1) is 10.1 Å². The first kappa shape index (κ1) is 9.63. The Morgan fingerprint density at radius 3 is 2.92 bits per heavy atom. The van der Waals surface area contributed by atoms with E-state index in [2.05, 4.69) is 9.78 Å². The van der Waals surface area contributed by atoms with Crippen molar-refractivity contribution < 1.29 is 14.7 Å². The number of nitrogens with zero attached hydrogens (tertiary/aromatic N) is 1. The lowest BCUT2D eigenvalue weighted by atomic mass is 10.2. The normalized spacial score (nSPS) is 9.92. The Balaban J connectivity index is 2.73. The molecule has 0 heterocycles. The third-order valence-electron chi connectivity index (χ3n) is 1.46. The van der Waals surface area contributed by atoms with Crippen LogP contribution in [0.3, 0.4) is 0 Å². The van der Waals surface area contributed by atoms with Crippen LogP contribution in [-0.4, -0.2) is 12.0 Å². The molecule has 0 amide bonds. The van der Waals surface area contributed by atoms with Crippen molar-refractivity contribution >= 4 is 5.69 Å². The zero-order valence-electron chi connectivity index (χ0n) is 7.10. The summed E-state index contributed by atoms with van der Waals surface area (Å²) in [5, 5.41) is 10.4. The Labute approximate surface area is 75.0 Å². The Kier molecular flexibility index (Phi) is 3.36. The van der Waals surface area contributed by atoms with Crippen LogP contribution in [0.4, 0.5) is 5.69 Å². The Bertz CT molecular complexity index is 300. The van der Waals surface area contributed by atoms with Gasteiger partial charge in [0.1, 0.15) is 6.61 Å². The molecule has 0 aliphatic rings. The van der Waals surface area contributed by atoms with Gasteiger partial charge in [0.25, 0.3) is 5.69 Å². The smallest absolute Gasteiger partial charge is 0.258 e. The predicted octanol–water partition coefficient (Wildman–Crippen LogP) is 1.67. The Morgan fingerprint density at radius 2 is 2.31 bits per heavy atom. The molecule has 13 heavy (non-hydrogen) atoms. The maximum absolute atomic E-state index is 10.4. The Morgan fingerprint density at radius 1 is 1.54 bits per heavy atom. The van der Waals surface area contributed by atoms with E-state index in [-0.39, 0.29) is 12.3 Å². The molecular formula is C8H9NO4. The van der Waals surface area contributed by atoms with E-state index >= 15 is 0 Å². The van der Waals surface area contributed by atoms with Crippen LogP contribution in [0.1, 0.15) is 5.56 Å². The van der Waals surface area contributed by atoms with Crippen LogP contribution >= 0.6 is 0 Å². The number of benzene rings is 1. The number of nitro benzene ring substituents is 1. The molecule has 0 spiro atoms. The molecule has 0 saturated heterocycles. The molecule has 0 N–H and O–H groups in total. The van der Waals surface area contributed by atoms with E-state index in [0.717, 1.165) is 0 Å². The fourth-order valence-electron chi connectivity index (χ4n) is 0.887. The minimum Gasteiger partial charge on any atom is -0.258 e. The fraction of sp³-hybridized carbons (Fsp3) is 0.250. The number of hydrogen-bond acceptors (Lipinski definition) is 4. The molecule has 0 unspecified atom stereocenters. The van der Waals surface area contributed by atoms with Crippen LogP contribution in [0.25, 0.3) is 0 Å². The van der Waals surface area contributed by atoms with Gasteiger partial charge < -0.3 is 0 Å². The van der Waals surface area contributed by atoms with Crippen molar-refractivity contribution in [1.82, 2.24) is 0 Å². The summed E-state index contributed by atoms with van der Waals surface area (Å²) < 4.78 is 0. The highest BCUT2D eigenvalue weighted by atomic mass is 17.2. The van der Waals surface area contributed by atoms with E-state index in [4.69, 9.17) is 0 Å². The van der Waals surface area contributed by atoms with E-state index in [1.165, 1.54) is 19.2 Å². The van der Waals surface area contributed by atoms with Crippen molar-refractivity contribution in [3.8, 4) is 0 Å². The summed E-state index contributed by atoms with van der Waals surface area (Å²) in [6.45, 7) is 0.207. The molecule has 0 bridgehead atoms. The summed E-state index contributed by atoms with van der Waals surface area (Å²) in [7, 11) is 1.39. The highest BCUT2D eigenvalue weighted by Gasteiger charge is 2.04. The number of rotatable bonds is 4. The van der Waals surface area contributed by atoms with Gasteiger partial charge in [-0.15, -0.1) is 0 Å². The summed E-state index contributed by atoms with van der Waals surface area (Å²) in [6, 6.07) is 6.20. The number of non-ortho nitro benzene ring substituents is 1. The van der Waals surface area contributed by atoms with Gasteiger partial charge in [-0.2, -0.15) is 0 Å². The lowest BCUT2D eigenvalue weighted by molar-refractivity contribution is -0.385. The van der Waals surface area contributed by atoms with Crippen LogP contribution in [0.15, 0.2) is 24.3 Å². The van der Waals surface area contributed by atoms with Gasteiger partial charge in [-0.25, -0.2) is 9.78 Å². The maximum Gasteiger partial charge on any atom is 0.269 e. The van der Waals surface area contributed by atoms with E-state index < -0.39 is 4.92 Å². The molecule has 5 nitrogen and oxygen atoms in total. The predicted molar refractivity (Wildman–Crippen MR) is 44.9 cm³/mol.